The Hall–Kier alpha value is -2.12. The Labute approximate surface area is 160 Å². The maximum absolute atomic E-state index is 12.4. The van der Waals surface area contributed by atoms with Crippen molar-refractivity contribution in [3.63, 3.8) is 0 Å². The predicted molar refractivity (Wildman–Crippen MR) is 96.2 cm³/mol. The maximum Gasteiger partial charge on any atom is 0.253 e. The van der Waals surface area contributed by atoms with Gasteiger partial charge in [0.25, 0.3) is 5.91 Å². The molecule has 0 bridgehead atoms. The highest BCUT2D eigenvalue weighted by molar-refractivity contribution is 6.36. The summed E-state index contributed by atoms with van der Waals surface area (Å²) < 4.78 is 1.83. The zero-order chi connectivity index (χ0) is 18.3. The Bertz CT molecular complexity index is 878. The van der Waals surface area contributed by atoms with Crippen LogP contribution in [0.1, 0.15) is 47.3 Å². The van der Waals surface area contributed by atoms with Crippen LogP contribution in [0.5, 0.6) is 0 Å². The number of carbonyl (C=O) groups excluding carboxylic acids is 2. The molecule has 4 rings (SSSR count). The van der Waals surface area contributed by atoms with E-state index in [0.717, 1.165) is 18.7 Å². The Morgan fingerprint density at radius 1 is 1.19 bits per heavy atom. The summed E-state index contributed by atoms with van der Waals surface area (Å²) in [7, 11) is 0. The molecule has 0 saturated heterocycles. The Balaban J connectivity index is 1.46. The summed E-state index contributed by atoms with van der Waals surface area (Å²) in [6.45, 7) is 0.165. The van der Waals surface area contributed by atoms with Crippen LogP contribution in [-0.4, -0.2) is 32.6 Å². The van der Waals surface area contributed by atoms with Gasteiger partial charge in [0.05, 0.1) is 17.1 Å². The summed E-state index contributed by atoms with van der Waals surface area (Å²) in [6, 6.07) is 4.69. The molecule has 0 radical (unpaired) electrons. The molecular weight excluding hydrogens is 377 g/mol. The van der Waals surface area contributed by atoms with Crippen molar-refractivity contribution in [1.82, 2.24) is 25.4 Å². The fourth-order valence-electron chi connectivity index (χ4n) is 3.11. The van der Waals surface area contributed by atoms with Crippen LogP contribution in [0.25, 0.3) is 0 Å². The molecule has 2 amide bonds. The number of fused-ring (bicyclic) bond motifs is 1. The van der Waals surface area contributed by atoms with E-state index < -0.39 is 0 Å². The van der Waals surface area contributed by atoms with Gasteiger partial charge in [-0.15, -0.1) is 10.2 Å². The minimum atomic E-state index is -0.332. The fraction of sp³-hybridized carbons (Fsp3) is 0.412. The largest absolute Gasteiger partial charge is 0.352 e. The lowest BCUT2D eigenvalue weighted by Crippen LogP contribution is -2.34. The van der Waals surface area contributed by atoms with Gasteiger partial charge in [-0.2, -0.15) is 0 Å². The molecule has 0 spiro atoms. The third kappa shape index (κ3) is 3.41. The third-order valence-corrected chi connectivity index (χ3v) is 5.15. The lowest BCUT2D eigenvalue weighted by atomic mass is 10.2. The summed E-state index contributed by atoms with van der Waals surface area (Å²) in [5.41, 5.74) is 0.334. The van der Waals surface area contributed by atoms with E-state index in [1.54, 1.807) is 12.1 Å². The summed E-state index contributed by atoms with van der Waals surface area (Å²) in [4.78, 5) is 24.8. The van der Waals surface area contributed by atoms with Gasteiger partial charge in [-0.3, -0.25) is 9.59 Å². The minimum absolute atomic E-state index is 0.000581. The second-order valence-corrected chi connectivity index (χ2v) is 7.39. The Morgan fingerprint density at radius 3 is 2.73 bits per heavy atom. The standard InChI is InChI=1S/C17H17Cl2N5O2/c18-9-1-4-11(12(19)7-9)16(25)20-8-15-23-22-14-6-5-13(24(14)15)17(26)21-10-2-3-10/h1,4,7,10,13H,2-3,5-6,8H2,(H,20,25)(H,21,26). The van der Waals surface area contributed by atoms with Crippen molar-refractivity contribution < 1.29 is 9.59 Å². The number of amides is 2. The van der Waals surface area contributed by atoms with Gasteiger partial charge in [0, 0.05) is 17.5 Å². The van der Waals surface area contributed by atoms with Gasteiger partial charge < -0.3 is 15.2 Å². The van der Waals surface area contributed by atoms with Crippen LogP contribution in [0.3, 0.4) is 0 Å². The topological polar surface area (TPSA) is 88.9 Å². The molecule has 26 heavy (non-hydrogen) atoms. The normalized spacial score (nSPS) is 18.5. The van der Waals surface area contributed by atoms with Crippen LogP contribution in [0.4, 0.5) is 0 Å². The molecule has 1 atom stereocenters. The van der Waals surface area contributed by atoms with Crippen LogP contribution >= 0.6 is 23.2 Å². The number of hydrogen-bond donors (Lipinski definition) is 2. The van der Waals surface area contributed by atoms with Crippen molar-refractivity contribution >= 4 is 35.0 Å². The van der Waals surface area contributed by atoms with Gasteiger partial charge in [0.2, 0.25) is 5.91 Å². The summed E-state index contributed by atoms with van der Waals surface area (Å²) in [5, 5.41) is 14.8. The smallest absolute Gasteiger partial charge is 0.253 e. The van der Waals surface area contributed by atoms with Gasteiger partial charge in [-0.25, -0.2) is 0 Å². The summed E-state index contributed by atoms with van der Waals surface area (Å²) in [6.07, 6.45) is 3.48. The highest BCUT2D eigenvalue weighted by Gasteiger charge is 2.35. The average molecular weight is 394 g/mol. The number of benzene rings is 1. The van der Waals surface area contributed by atoms with E-state index in [4.69, 9.17) is 23.2 Å². The quantitative estimate of drug-likeness (QED) is 0.815. The Morgan fingerprint density at radius 2 is 2.00 bits per heavy atom. The number of hydrogen-bond acceptors (Lipinski definition) is 4. The minimum Gasteiger partial charge on any atom is -0.352 e. The van der Waals surface area contributed by atoms with Crippen molar-refractivity contribution in [1.29, 1.82) is 0 Å². The predicted octanol–water partition coefficient (Wildman–Crippen LogP) is 2.28. The number of nitrogens with zero attached hydrogens (tertiary/aromatic N) is 3. The second-order valence-electron chi connectivity index (χ2n) is 6.55. The zero-order valence-electron chi connectivity index (χ0n) is 13.8. The zero-order valence-corrected chi connectivity index (χ0v) is 15.3. The second kappa shape index (κ2) is 6.89. The lowest BCUT2D eigenvalue weighted by Gasteiger charge is -2.15. The molecule has 1 aliphatic carbocycles. The molecule has 9 heteroatoms. The van der Waals surface area contributed by atoms with Crippen LogP contribution in [0.2, 0.25) is 10.0 Å². The van der Waals surface area contributed by atoms with Crippen molar-refractivity contribution in [2.45, 2.75) is 44.3 Å². The van der Waals surface area contributed by atoms with Crippen molar-refractivity contribution in [2.75, 3.05) is 0 Å². The number of nitrogens with one attached hydrogen (secondary N) is 2. The summed E-state index contributed by atoms with van der Waals surface area (Å²) >= 11 is 11.9. The molecule has 2 aromatic rings. The van der Waals surface area contributed by atoms with Crippen LogP contribution < -0.4 is 10.6 Å². The SMILES string of the molecule is O=C(NCc1nnc2n1C(C(=O)NC1CC1)CC2)c1ccc(Cl)cc1Cl. The number of rotatable bonds is 5. The molecule has 7 nitrogen and oxygen atoms in total. The first-order valence-corrected chi connectivity index (χ1v) is 9.25. The molecule has 1 unspecified atom stereocenters. The first-order valence-electron chi connectivity index (χ1n) is 8.49. The van der Waals surface area contributed by atoms with Gasteiger partial charge in [0.1, 0.15) is 11.9 Å². The maximum atomic E-state index is 12.4. The number of aromatic nitrogens is 3. The molecule has 1 aromatic carbocycles. The molecule has 2 N–H and O–H groups in total. The van der Waals surface area contributed by atoms with Gasteiger partial charge in [-0.1, -0.05) is 23.2 Å². The highest BCUT2D eigenvalue weighted by atomic mass is 35.5. The van der Waals surface area contributed by atoms with Crippen LogP contribution in [-0.2, 0) is 17.8 Å². The molecule has 1 fully saturated rings. The number of aryl methyl sites for hydroxylation is 1. The molecule has 2 aliphatic rings. The molecule has 136 valence electrons. The Kier molecular flexibility index (Phi) is 4.58. The molecule has 1 saturated carbocycles. The van der Waals surface area contributed by atoms with Crippen molar-refractivity contribution in [3.05, 3.63) is 45.5 Å². The average Bonchev–Trinajstić information content (AvgIpc) is 3.17. The van der Waals surface area contributed by atoms with E-state index >= 15 is 0 Å². The molecule has 1 aromatic heterocycles. The fourth-order valence-corrected chi connectivity index (χ4v) is 3.60. The van der Waals surface area contributed by atoms with Crippen LogP contribution in [0.15, 0.2) is 18.2 Å². The van der Waals surface area contributed by atoms with E-state index in [9.17, 15) is 9.59 Å². The van der Waals surface area contributed by atoms with Crippen LogP contribution in [0, 0.1) is 0 Å². The van der Waals surface area contributed by atoms with E-state index in [1.165, 1.54) is 6.07 Å². The van der Waals surface area contributed by atoms with E-state index in [1.807, 2.05) is 4.57 Å². The van der Waals surface area contributed by atoms with Gasteiger partial charge in [0.15, 0.2) is 5.82 Å². The van der Waals surface area contributed by atoms with Crippen molar-refractivity contribution in [2.24, 2.45) is 0 Å². The monoisotopic (exact) mass is 393 g/mol. The first kappa shape index (κ1) is 17.3. The molecule has 1 aliphatic heterocycles. The van der Waals surface area contributed by atoms with E-state index in [-0.39, 0.29) is 29.4 Å². The third-order valence-electron chi connectivity index (χ3n) is 4.60. The molecular formula is C17H17Cl2N5O2. The van der Waals surface area contributed by atoms with E-state index in [2.05, 4.69) is 20.8 Å². The van der Waals surface area contributed by atoms with Gasteiger partial charge in [-0.05, 0) is 37.5 Å². The number of carbonyl (C=O) groups is 2. The van der Waals surface area contributed by atoms with Gasteiger partial charge >= 0.3 is 0 Å². The van der Waals surface area contributed by atoms with Crippen molar-refractivity contribution in [3.8, 4) is 0 Å². The summed E-state index contributed by atoms with van der Waals surface area (Å²) in [5.74, 6) is 1.00. The number of halogens is 2. The highest BCUT2D eigenvalue weighted by Crippen LogP contribution is 2.28. The lowest BCUT2D eigenvalue weighted by molar-refractivity contribution is -0.124. The first-order chi connectivity index (χ1) is 12.5. The van der Waals surface area contributed by atoms with E-state index in [0.29, 0.717) is 35.3 Å². The molecule has 2 heterocycles.